The second-order valence-corrected chi connectivity index (χ2v) is 5.22. The summed E-state index contributed by atoms with van der Waals surface area (Å²) in [4.78, 5) is 21.0. The summed E-state index contributed by atoms with van der Waals surface area (Å²) in [5, 5.41) is 2.27. The average Bonchev–Trinajstić information content (AvgIpc) is 2.32. The van der Waals surface area contributed by atoms with Crippen LogP contribution < -0.4 is 4.75 Å². The van der Waals surface area contributed by atoms with Gasteiger partial charge in [0.05, 0.1) is 0 Å². The standard InChI is InChI=1S/C4H6NO3PS2/c1-10-3-2-11-4(5-3)9(6,7)8/h2H,1H3,(H2,6,7,8). The van der Waals surface area contributed by atoms with Crippen LogP contribution in [-0.2, 0) is 4.57 Å². The molecule has 1 aromatic rings. The molecule has 0 saturated heterocycles. The van der Waals surface area contributed by atoms with Crippen molar-refractivity contribution in [1.29, 1.82) is 0 Å². The van der Waals surface area contributed by atoms with Crippen LogP contribution in [-0.4, -0.2) is 21.0 Å². The Morgan fingerprint density at radius 1 is 1.73 bits per heavy atom. The molecule has 0 saturated carbocycles. The Morgan fingerprint density at radius 3 is 2.64 bits per heavy atom. The Bertz CT molecular complexity index is 293. The molecule has 1 rings (SSSR count). The Labute approximate surface area is 71.8 Å². The van der Waals surface area contributed by atoms with Crippen LogP contribution in [0.15, 0.2) is 10.4 Å². The zero-order valence-corrected chi connectivity index (χ0v) is 8.12. The van der Waals surface area contributed by atoms with Gasteiger partial charge >= 0.3 is 7.60 Å². The molecular weight excluding hydrogens is 205 g/mol. The van der Waals surface area contributed by atoms with Crippen molar-refractivity contribution in [3.05, 3.63) is 5.38 Å². The van der Waals surface area contributed by atoms with Gasteiger partial charge in [0, 0.05) is 5.38 Å². The molecule has 0 bridgehead atoms. The first-order chi connectivity index (χ1) is 5.04. The lowest BCUT2D eigenvalue weighted by Gasteiger charge is -1.95. The minimum atomic E-state index is -4.12. The highest BCUT2D eigenvalue weighted by Crippen LogP contribution is 2.35. The fraction of sp³-hybridized carbons (Fsp3) is 0.250. The SMILES string of the molecule is CSc1csc(P(=O)(O)O)n1. The molecular formula is C4H6NO3PS2. The van der Waals surface area contributed by atoms with Gasteiger partial charge in [-0.3, -0.25) is 4.57 Å². The number of rotatable bonds is 2. The molecule has 11 heavy (non-hydrogen) atoms. The van der Waals surface area contributed by atoms with E-state index in [0.717, 1.165) is 11.3 Å². The van der Waals surface area contributed by atoms with Crippen molar-refractivity contribution in [2.45, 2.75) is 5.03 Å². The van der Waals surface area contributed by atoms with Gasteiger partial charge in [-0.25, -0.2) is 4.98 Å². The van der Waals surface area contributed by atoms with Crippen molar-refractivity contribution in [3.8, 4) is 0 Å². The van der Waals surface area contributed by atoms with Gasteiger partial charge in [-0.2, -0.15) is 0 Å². The Kier molecular flexibility index (Phi) is 2.72. The van der Waals surface area contributed by atoms with Crippen molar-refractivity contribution in [3.63, 3.8) is 0 Å². The maximum absolute atomic E-state index is 10.6. The summed E-state index contributed by atoms with van der Waals surface area (Å²) >= 11 is 2.35. The molecule has 0 spiro atoms. The maximum atomic E-state index is 10.6. The molecule has 7 heteroatoms. The largest absolute Gasteiger partial charge is 0.384 e. The van der Waals surface area contributed by atoms with Crippen LogP contribution in [0.2, 0.25) is 0 Å². The topological polar surface area (TPSA) is 70.4 Å². The highest BCUT2D eigenvalue weighted by molar-refractivity contribution is 7.98. The number of thioether (sulfide) groups is 1. The molecule has 0 aromatic carbocycles. The summed E-state index contributed by atoms with van der Waals surface area (Å²) in [5.41, 5.74) is 0. The van der Waals surface area contributed by atoms with Gasteiger partial charge in [0.2, 0.25) is 4.75 Å². The molecule has 0 aliphatic heterocycles. The first-order valence-electron chi connectivity index (χ1n) is 2.59. The number of hydrogen-bond acceptors (Lipinski definition) is 4. The van der Waals surface area contributed by atoms with E-state index < -0.39 is 7.60 Å². The number of aromatic nitrogens is 1. The molecule has 0 atom stereocenters. The Morgan fingerprint density at radius 2 is 2.36 bits per heavy atom. The number of hydrogen-bond donors (Lipinski definition) is 2. The quantitative estimate of drug-likeness (QED) is 0.555. The second-order valence-electron chi connectivity index (χ2n) is 1.72. The zero-order valence-electron chi connectivity index (χ0n) is 5.59. The monoisotopic (exact) mass is 211 g/mol. The summed E-state index contributed by atoms with van der Waals surface area (Å²) in [6, 6.07) is 0. The van der Waals surface area contributed by atoms with Crippen molar-refractivity contribution in [2.75, 3.05) is 6.26 Å². The van der Waals surface area contributed by atoms with E-state index in [2.05, 4.69) is 4.98 Å². The summed E-state index contributed by atoms with van der Waals surface area (Å²) in [6.45, 7) is 0. The molecule has 0 radical (unpaired) electrons. The van der Waals surface area contributed by atoms with E-state index in [-0.39, 0.29) is 4.75 Å². The van der Waals surface area contributed by atoms with Gasteiger partial charge in [0.25, 0.3) is 0 Å². The Hall–Kier alpha value is 0.130. The Balaban J connectivity index is 2.99. The fourth-order valence-corrected chi connectivity index (χ4v) is 2.67. The van der Waals surface area contributed by atoms with Gasteiger partial charge < -0.3 is 9.79 Å². The number of thiazole rings is 1. The molecule has 0 unspecified atom stereocenters. The third kappa shape index (κ3) is 2.28. The minimum absolute atomic E-state index is 0.109. The molecule has 2 N–H and O–H groups in total. The third-order valence-corrected chi connectivity index (χ3v) is 3.98. The van der Waals surface area contributed by atoms with Crippen LogP contribution in [0.4, 0.5) is 0 Å². The predicted octanol–water partition coefficient (Wildman–Crippen LogP) is 0.668. The van der Waals surface area contributed by atoms with Crippen LogP contribution in [0.1, 0.15) is 0 Å². The lowest BCUT2D eigenvalue weighted by atomic mass is 11.0. The molecule has 0 aliphatic carbocycles. The second kappa shape index (κ2) is 3.25. The van der Waals surface area contributed by atoms with Gasteiger partial charge in [0.1, 0.15) is 5.03 Å². The highest BCUT2D eigenvalue weighted by Gasteiger charge is 2.21. The van der Waals surface area contributed by atoms with Crippen LogP contribution in [0.5, 0.6) is 0 Å². The van der Waals surface area contributed by atoms with E-state index in [9.17, 15) is 4.57 Å². The van der Waals surface area contributed by atoms with Crippen molar-refractivity contribution in [1.82, 2.24) is 4.98 Å². The van der Waals surface area contributed by atoms with Crippen LogP contribution in [0.3, 0.4) is 0 Å². The lowest BCUT2D eigenvalue weighted by Crippen LogP contribution is -2.01. The summed E-state index contributed by atoms with van der Waals surface area (Å²) in [7, 11) is -4.12. The van der Waals surface area contributed by atoms with Crippen LogP contribution in [0, 0.1) is 0 Å². The van der Waals surface area contributed by atoms with Crippen molar-refractivity contribution in [2.24, 2.45) is 0 Å². The zero-order chi connectivity index (χ0) is 8.48. The maximum Gasteiger partial charge on any atom is 0.384 e. The van der Waals surface area contributed by atoms with Crippen LogP contribution in [0.25, 0.3) is 0 Å². The third-order valence-electron chi connectivity index (χ3n) is 0.929. The first kappa shape index (κ1) is 9.22. The van der Waals surface area contributed by atoms with E-state index >= 15 is 0 Å². The van der Waals surface area contributed by atoms with Crippen molar-refractivity contribution >= 4 is 35.4 Å². The predicted molar refractivity (Wildman–Crippen MR) is 45.6 cm³/mol. The van der Waals surface area contributed by atoms with E-state index in [0.29, 0.717) is 5.03 Å². The molecule has 1 heterocycles. The summed E-state index contributed by atoms with van der Waals surface area (Å²) in [5.74, 6) is 0. The average molecular weight is 211 g/mol. The van der Waals surface area contributed by atoms with Gasteiger partial charge in [-0.1, -0.05) is 0 Å². The fourth-order valence-electron chi connectivity index (χ4n) is 0.478. The number of nitrogens with zero attached hydrogens (tertiary/aromatic N) is 1. The molecule has 4 nitrogen and oxygen atoms in total. The highest BCUT2D eigenvalue weighted by atomic mass is 32.2. The smallest absolute Gasteiger partial charge is 0.319 e. The van der Waals surface area contributed by atoms with Gasteiger partial charge in [-0.05, 0) is 6.26 Å². The normalized spacial score (nSPS) is 11.9. The van der Waals surface area contributed by atoms with Crippen molar-refractivity contribution < 1.29 is 14.4 Å². The first-order valence-corrected chi connectivity index (χ1v) is 6.31. The summed E-state index contributed by atoms with van der Waals surface area (Å²) < 4.78 is 10.5. The van der Waals surface area contributed by atoms with E-state index in [1.807, 2.05) is 0 Å². The van der Waals surface area contributed by atoms with E-state index in [1.165, 1.54) is 11.8 Å². The summed E-state index contributed by atoms with van der Waals surface area (Å²) in [6.07, 6.45) is 1.80. The molecule has 62 valence electrons. The van der Waals surface area contributed by atoms with E-state index in [1.54, 1.807) is 11.6 Å². The molecule has 0 aliphatic rings. The molecule has 1 aromatic heterocycles. The van der Waals surface area contributed by atoms with Crippen LogP contribution >= 0.6 is 30.7 Å². The molecule has 0 amide bonds. The van der Waals surface area contributed by atoms with E-state index in [4.69, 9.17) is 9.79 Å². The van der Waals surface area contributed by atoms with Gasteiger partial charge in [-0.15, -0.1) is 23.1 Å². The van der Waals surface area contributed by atoms with Gasteiger partial charge in [0.15, 0.2) is 0 Å². The molecule has 0 fully saturated rings. The minimum Gasteiger partial charge on any atom is -0.319 e. The lowest BCUT2D eigenvalue weighted by molar-refractivity contribution is 0.387.